The van der Waals surface area contributed by atoms with E-state index in [1.165, 1.54) is 4.90 Å². The zero-order valence-corrected chi connectivity index (χ0v) is 12.5. The highest BCUT2D eigenvalue weighted by Gasteiger charge is 2.31. The fourth-order valence-corrected chi connectivity index (χ4v) is 2.41. The Labute approximate surface area is 115 Å². The van der Waals surface area contributed by atoms with Gasteiger partial charge in [-0.2, -0.15) is 13.2 Å². The molecule has 1 atom stereocenters. The summed E-state index contributed by atoms with van der Waals surface area (Å²) < 4.78 is 37.3. The Hall–Kier alpha value is -0.290. The Balaban J connectivity index is 4.10. The van der Waals surface area contributed by atoms with Crippen LogP contribution in [0.4, 0.5) is 13.2 Å². The van der Waals surface area contributed by atoms with Gasteiger partial charge in [-0.25, -0.2) is 0 Å². The van der Waals surface area contributed by atoms with Crippen LogP contribution in [0.5, 0.6) is 0 Å². The average molecular weight is 282 g/mol. The number of hydrogen-bond donors (Lipinski definition) is 1. The van der Waals surface area contributed by atoms with Gasteiger partial charge in [0.25, 0.3) is 0 Å². The number of nitrogens with two attached hydrogens (primary N) is 1. The second-order valence-corrected chi connectivity index (χ2v) is 5.55. The molecule has 0 heterocycles. The second-order valence-electron chi connectivity index (χ2n) is 5.55. The van der Waals surface area contributed by atoms with E-state index in [0.29, 0.717) is 19.0 Å². The van der Waals surface area contributed by atoms with Gasteiger partial charge in [-0.3, -0.25) is 4.90 Å². The van der Waals surface area contributed by atoms with Crippen molar-refractivity contribution in [2.75, 3.05) is 19.6 Å². The van der Waals surface area contributed by atoms with E-state index in [1.807, 2.05) is 13.8 Å². The lowest BCUT2D eigenvalue weighted by atomic mass is 9.94. The zero-order chi connectivity index (χ0) is 14.9. The molecule has 0 radical (unpaired) electrons. The minimum absolute atomic E-state index is 0.0687. The first-order chi connectivity index (χ1) is 8.80. The highest BCUT2D eigenvalue weighted by molar-refractivity contribution is 4.69. The molecular weight excluding hydrogens is 253 g/mol. The first kappa shape index (κ1) is 18.7. The van der Waals surface area contributed by atoms with Gasteiger partial charge in [0.15, 0.2) is 0 Å². The Morgan fingerprint density at radius 3 is 2.16 bits per heavy atom. The highest BCUT2D eigenvalue weighted by atomic mass is 19.4. The van der Waals surface area contributed by atoms with Crippen LogP contribution in [0.1, 0.15) is 52.9 Å². The summed E-state index contributed by atoms with van der Waals surface area (Å²) in [6, 6.07) is -0.0687. The number of nitrogens with zero attached hydrogens (tertiary/aromatic N) is 1. The van der Waals surface area contributed by atoms with Crippen molar-refractivity contribution in [2.24, 2.45) is 11.7 Å². The van der Waals surface area contributed by atoms with E-state index in [-0.39, 0.29) is 6.04 Å². The van der Waals surface area contributed by atoms with Crippen molar-refractivity contribution >= 4 is 0 Å². The van der Waals surface area contributed by atoms with E-state index in [9.17, 15) is 13.2 Å². The SMILES string of the molecule is CCCC(CCN)CCCN(CC(F)(F)F)C(C)C. The molecule has 0 aliphatic carbocycles. The van der Waals surface area contributed by atoms with E-state index in [0.717, 1.165) is 32.1 Å². The van der Waals surface area contributed by atoms with Crippen LogP contribution in [0, 0.1) is 5.92 Å². The van der Waals surface area contributed by atoms with Crippen LogP contribution in [0.2, 0.25) is 0 Å². The van der Waals surface area contributed by atoms with Crippen molar-refractivity contribution in [1.29, 1.82) is 0 Å². The van der Waals surface area contributed by atoms with Crippen LogP contribution in [-0.4, -0.2) is 36.8 Å². The molecule has 0 fully saturated rings. The van der Waals surface area contributed by atoms with E-state index in [4.69, 9.17) is 5.73 Å². The molecule has 0 saturated heterocycles. The van der Waals surface area contributed by atoms with Gasteiger partial charge in [0.1, 0.15) is 0 Å². The van der Waals surface area contributed by atoms with Gasteiger partial charge in [-0.05, 0) is 52.1 Å². The first-order valence-corrected chi connectivity index (χ1v) is 7.31. The zero-order valence-electron chi connectivity index (χ0n) is 12.5. The quantitative estimate of drug-likeness (QED) is 0.660. The molecule has 0 aromatic carbocycles. The largest absolute Gasteiger partial charge is 0.401 e. The molecule has 0 spiro atoms. The van der Waals surface area contributed by atoms with Crippen molar-refractivity contribution in [1.82, 2.24) is 4.90 Å². The lowest BCUT2D eigenvalue weighted by Gasteiger charge is -2.28. The normalized spacial score (nSPS) is 14.4. The van der Waals surface area contributed by atoms with Gasteiger partial charge in [0, 0.05) is 6.04 Å². The fourth-order valence-electron chi connectivity index (χ4n) is 2.41. The molecule has 0 amide bonds. The summed E-state index contributed by atoms with van der Waals surface area (Å²) in [6.45, 7) is 6.14. The van der Waals surface area contributed by atoms with Gasteiger partial charge in [0.05, 0.1) is 6.54 Å². The topological polar surface area (TPSA) is 29.3 Å². The molecular formula is C14H29F3N2. The summed E-state index contributed by atoms with van der Waals surface area (Å²) in [6.07, 6.45) is 0.906. The van der Waals surface area contributed by atoms with Crippen molar-refractivity contribution in [3.63, 3.8) is 0 Å². The molecule has 1 unspecified atom stereocenters. The molecule has 0 aliphatic rings. The summed E-state index contributed by atoms with van der Waals surface area (Å²) >= 11 is 0. The molecule has 0 aromatic rings. The predicted octanol–water partition coefficient (Wildman–Crippen LogP) is 3.80. The number of hydrogen-bond acceptors (Lipinski definition) is 2. The Kier molecular flexibility index (Phi) is 9.44. The standard InChI is InChI=1S/C14H29F3N2/c1-4-6-13(8-9-18)7-5-10-19(12(2)3)11-14(15,16)17/h12-13H,4-11,18H2,1-3H3. The monoisotopic (exact) mass is 282 g/mol. The van der Waals surface area contributed by atoms with E-state index < -0.39 is 12.7 Å². The predicted molar refractivity (Wildman–Crippen MR) is 74.1 cm³/mol. The third-order valence-corrected chi connectivity index (χ3v) is 3.44. The number of rotatable bonds is 10. The summed E-state index contributed by atoms with van der Waals surface area (Å²) in [4.78, 5) is 1.51. The molecule has 0 aliphatic heterocycles. The van der Waals surface area contributed by atoms with E-state index in [1.54, 1.807) is 0 Å². The minimum atomic E-state index is -4.11. The van der Waals surface area contributed by atoms with Gasteiger partial charge in [0.2, 0.25) is 0 Å². The lowest BCUT2D eigenvalue weighted by Crippen LogP contribution is -2.39. The van der Waals surface area contributed by atoms with Crippen molar-refractivity contribution < 1.29 is 13.2 Å². The molecule has 0 saturated carbocycles. The summed E-state index contributed by atoms with van der Waals surface area (Å²) in [5.41, 5.74) is 5.56. The molecule has 19 heavy (non-hydrogen) atoms. The molecule has 0 aromatic heterocycles. The summed E-state index contributed by atoms with van der Waals surface area (Å²) in [5.74, 6) is 0.565. The lowest BCUT2D eigenvalue weighted by molar-refractivity contribution is -0.149. The van der Waals surface area contributed by atoms with Crippen LogP contribution < -0.4 is 5.73 Å². The van der Waals surface area contributed by atoms with Gasteiger partial charge >= 0.3 is 6.18 Å². The molecule has 116 valence electrons. The maximum absolute atomic E-state index is 12.4. The Bertz CT molecular complexity index is 211. The van der Waals surface area contributed by atoms with Crippen molar-refractivity contribution in [2.45, 2.75) is 65.1 Å². The maximum atomic E-state index is 12.4. The van der Waals surface area contributed by atoms with Crippen molar-refractivity contribution in [3.8, 4) is 0 Å². The third kappa shape index (κ3) is 10.2. The van der Waals surface area contributed by atoms with E-state index >= 15 is 0 Å². The van der Waals surface area contributed by atoms with Crippen LogP contribution in [0.15, 0.2) is 0 Å². The van der Waals surface area contributed by atoms with Crippen LogP contribution >= 0.6 is 0 Å². The number of alkyl halides is 3. The first-order valence-electron chi connectivity index (χ1n) is 7.31. The summed E-state index contributed by atoms with van der Waals surface area (Å²) in [5, 5.41) is 0. The van der Waals surface area contributed by atoms with Crippen LogP contribution in [0.25, 0.3) is 0 Å². The molecule has 2 nitrogen and oxygen atoms in total. The summed E-state index contributed by atoms with van der Waals surface area (Å²) in [7, 11) is 0. The second kappa shape index (κ2) is 9.59. The molecule has 2 N–H and O–H groups in total. The number of halogens is 3. The minimum Gasteiger partial charge on any atom is -0.330 e. The van der Waals surface area contributed by atoms with Gasteiger partial charge < -0.3 is 5.73 Å². The van der Waals surface area contributed by atoms with Crippen LogP contribution in [0.3, 0.4) is 0 Å². The molecule has 0 bridgehead atoms. The fraction of sp³-hybridized carbons (Fsp3) is 1.00. The highest BCUT2D eigenvalue weighted by Crippen LogP contribution is 2.21. The van der Waals surface area contributed by atoms with Gasteiger partial charge in [-0.15, -0.1) is 0 Å². The molecule has 5 heteroatoms. The maximum Gasteiger partial charge on any atom is 0.401 e. The van der Waals surface area contributed by atoms with Crippen molar-refractivity contribution in [3.05, 3.63) is 0 Å². The Morgan fingerprint density at radius 1 is 1.11 bits per heavy atom. The van der Waals surface area contributed by atoms with E-state index in [2.05, 4.69) is 6.92 Å². The van der Waals surface area contributed by atoms with Crippen LogP contribution in [-0.2, 0) is 0 Å². The smallest absolute Gasteiger partial charge is 0.330 e. The average Bonchev–Trinajstić information content (AvgIpc) is 2.26. The molecule has 0 rings (SSSR count). The van der Waals surface area contributed by atoms with Gasteiger partial charge in [-0.1, -0.05) is 19.8 Å². The Morgan fingerprint density at radius 2 is 1.74 bits per heavy atom. The third-order valence-electron chi connectivity index (χ3n) is 3.44.